The standard InChI is InChI=1S/C20H29N3O2/c1-22-10-9-18(13-19(22)24)20(25)21-14-16-7-11-23(12-8-16)15-17-5-3-2-4-6-17/h2-6,16,18H,7-15H2,1H3,(H,21,25). The van der Waals surface area contributed by atoms with Crippen LogP contribution >= 0.6 is 0 Å². The van der Waals surface area contributed by atoms with Crippen LogP contribution in [-0.2, 0) is 16.1 Å². The van der Waals surface area contributed by atoms with Crippen molar-refractivity contribution in [2.75, 3.05) is 33.2 Å². The molecule has 2 aliphatic rings. The summed E-state index contributed by atoms with van der Waals surface area (Å²) in [6.45, 7) is 4.62. The first kappa shape index (κ1) is 17.9. The van der Waals surface area contributed by atoms with E-state index in [9.17, 15) is 9.59 Å². The van der Waals surface area contributed by atoms with Crippen LogP contribution in [0.4, 0.5) is 0 Å². The van der Waals surface area contributed by atoms with Crippen LogP contribution in [-0.4, -0.2) is 54.8 Å². The van der Waals surface area contributed by atoms with E-state index in [-0.39, 0.29) is 17.7 Å². The van der Waals surface area contributed by atoms with Gasteiger partial charge in [0.15, 0.2) is 0 Å². The number of piperidine rings is 2. The topological polar surface area (TPSA) is 52.7 Å². The van der Waals surface area contributed by atoms with Crippen LogP contribution in [0.25, 0.3) is 0 Å². The Morgan fingerprint density at radius 2 is 1.84 bits per heavy atom. The first-order valence-electron chi connectivity index (χ1n) is 9.40. The van der Waals surface area contributed by atoms with Gasteiger partial charge in [-0.3, -0.25) is 14.5 Å². The van der Waals surface area contributed by atoms with E-state index in [1.165, 1.54) is 5.56 Å². The van der Waals surface area contributed by atoms with Crippen LogP contribution in [0.5, 0.6) is 0 Å². The van der Waals surface area contributed by atoms with Crippen molar-refractivity contribution in [3.63, 3.8) is 0 Å². The van der Waals surface area contributed by atoms with Crippen LogP contribution in [0.2, 0.25) is 0 Å². The fourth-order valence-corrected chi connectivity index (χ4v) is 3.75. The van der Waals surface area contributed by atoms with E-state index in [0.29, 0.717) is 18.9 Å². The van der Waals surface area contributed by atoms with E-state index in [4.69, 9.17) is 0 Å². The predicted molar refractivity (Wildman–Crippen MR) is 97.8 cm³/mol. The van der Waals surface area contributed by atoms with E-state index >= 15 is 0 Å². The third kappa shape index (κ3) is 5.05. The molecule has 136 valence electrons. The minimum Gasteiger partial charge on any atom is -0.356 e. The molecule has 1 unspecified atom stereocenters. The Labute approximate surface area is 150 Å². The molecule has 2 heterocycles. The van der Waals surface area contributed by atoms with Gasteiger partial charge in [-0.2, -0.15) is 0 Å². The third-order valence-electron chi connectivity index (χ3n) is 5.55. The fourth-order valence-electron chi connectivity index (χ4n) is 3.75. The van der Waals surface area contributed by atoms with E-state index in [0.717, 1.165) is 45.4 Å². The minimum absolute atomic E-state index is 0.0631. The summed E-state index contributed by atoms with van der Waals surface area (Å²) in [7, 11) is 1.81. The number of hydrogen-bond acceptors (Lipinski definition) is 3. The number of likely N-dealkylation sites (tertiary alicyclic amines) is 2. The molecule has 0 spiro atoms. The van der Waals surface area contributed by atoms with Crippen LogP contribution in [0.1, 0.15) is 31.2 Å². The lowest BCUT2D eigenvalue weighted by molar-refractivity contribution is -0.139. The lowest BCUT2D eigenvalue weighted by atomic mass is 9.93. The molecule has 0 saturated carbocycles. The van der Waals surface area contributed by atoms with Crippen molar-refractivity contribution in [2.45, 2.75) is 32.2 Å². The van der Waals surface area contributed by atoms with Crippen molar-refractivity contribution in [1.29, 1.82) is 0 Å². The number of carbonyl (C=O) groups is 2. The smallest absolute Gasteiger partial charge is 0.223 e. The summed E-state index contributed by atoms with van der Waals surface area (Å²) in [5, 5.41) is 3.09. The molecule has 0 bridgehead atoms. The maximum Gasteiger partial charge on any atom is 0.223 e. The number of hydrogen-bond donors (Lipinski definition) is 1. The zero-order valence-electron chi connectivity index (χ0n) is 15.1. The Morgan fingerprint density at radius 1 is 1.12 bits per heavy atom. The molecule has 3 rings (SSSR count). The minimum atomic E-state index is -0.137. The molecular formula is C20H29N3O2. The third-order valence-corrected chi connectivity index (χ3v) is 5.55. The van der Waals surface area contributed by atoms with Gasteiger partial charge in [0.1, 0.15) is 0 Å². The number of nitrogens with one attached hydrogen (secondary N) is 1. The van der Waals surface area contributed by atoms with E-state index in [2.05, 4.69) is 40.5 Å². The molecule has 2 amide bonds. The van der Waals surface area contributed by atoms with Gasteiger partial charge in [-0.25, -0.2) is 0 Å². The second kappa shape index (κ2) is 8.48. The summed E-state index contributed by atoms with van der Waals surface area (Å²) in [6.07, 6.45) is 3.39. The van der Waals surface area contributed by atoms with Gasteiger partial charge in [0, 0.05) is 39.0 Å². The predicted octanol–water partition coefficient (Wildman–Crippen LogP) is 1.88. The number of rotatable bonds is 5. The fraction of sp³-hybridized carbons (Fsp3) is 0.600. The molecule has 25 heavy (non-hydrogen) atoms. The second-order valence-corrected chi connectivity index (χ2v) is 7.46. The van der Waals surface area contributed by atoms with E-state index in [1.807, 2.05) is 0 Å². The van der Waals surface area contributed by atoms with Crippen LogP contribution < -0.4 is 5.32 Å². The highest BCUT2D eigenvalue weighted by molar-refractivity contribution is 5.86. The Morgan fingerprint density at radius 3 is 2.52 bits per heavy atom. The summed E-state index contributed by atoms with van der Waals surface area (Å²) in [4.78, 5) is 28.3. The lowest BCUT2D eigenvalue weighted by Crippen LogP contribution is -2.44. The molecule has 0 aromatic heterocycles. The Bertz CT molecular complexity index is 582. The number of amides is 2. The van der Waals surface area contributed by atoms with Crippen molar-refractivity contribution < 1.29 is 9.59 Å². The van der Waals surface area contributed by atoms with Crippen LogP contribution in [0, 0.1) is 11.8 Å². The molecule has 5 heteroatoms. The van der Waals surface area contributed by atoms with Gasteiger partial charge >= 0.3 is 0 Å². The molecule has 1 aromatic rings. The molecule has 2 fully saturated rings. The lowest BCUT2D eigenvalue weighted by Gasteiger charge is -2.33. The molecule has 2 aliphatic heterocycles. The van der Waals surface area contributed by atoms with Crippen LogP contribution in [0.15, 0.2) is 30.3 Å². The van der Waals surface area contributed by atoms with Gasteiger partial charge in [0.2, 0.25) is 11.8 Å². The highest BCUT2D eigenvalue weighted by Gasteiger charge is 2.29. The molecule has 1 aromatic carbocycles. The van der Waals surface area contributed by atoms with Crippen molar-refractivity contribution in [2.24, 2.45) is 11.8 Å². The largest absolute Gasteiger partial charge is 0.356 e. The summed E-state index contributed by atoms with van der Waals surface area (Å²) in [5.74, 6) is 0.564. The van der Waals surface area contributed by atoms with Gasteiger partial charge in [0.05, 0.1) is 0 Å². The molecule has 2 saturated heterocycles. The maximum absolute atomic E-state index is 12.3. The second-order valence-electron chi connectivity index (χ2n) is 7.46. The summed E-state index contributed by atoms with van der Waals surface area (Å²) >= 11 is 0. The SMILES string of the molecule is CN1CCC(C(=O)NCC2CCN(Cc3ccccc3)CC2)CC1=O. The molecule has 0 aliphatic carbocycles. The summed E-state index contributed by atoms with van der Waals surface area (Å²) < 4.78 is 0. The molecular weight excluding hydrogens is 314 g/mol. The van der Waals surface area contributed by atoms with Crippen molar-refractivity contribution in [3.8, 4) is 0 Å². The monoisotopic (exact) mass is 343 g/mol. The molecule has 0 radical (unpaired) electrons. The zero-order chi connectivity index (χ0) is 17.6. The molecule has 5 nitrogen and oxygen atoms in total. The van der Waals surface area contributed by atoms with Gasteiger partial charge in [-0.1, -0.05) is 30.3 Å². The number of carbonyl (C=O) groups excluding carboxylic acids is 2. The molecule has 1 N–H and O–H groups in total. The number of benzene rings is 1. The maximum atomic E-state index is 12.3. The van der Waals surface area contributed by atoms with Crippen molar-refractivity contribution in [1.82, 2.24) is 15.1 Å². The average Bonchev–Trinajstić information content (AvgIpc) is 2.64. The quantitative estimate of drug-likeness (QED) is 0.888. The first-order chi connectivity index (χ1) is 12.1. The highest BCUT2D eigenvalue weighted by Crippen LogP contribution is 2.20. The first-order valence-corrected chi connectivity index (χ1v) is 9.40. The van der Waals surface area contributed by atoms with Crippen LogP contribution in [0.3, 0.4) is 0 Å². The Hall–Kier alpha value is -1.88. The molecule has 1 atom stereocenters. The van der Waals surface area contributed by atoms with Crippen molar-refractivity contribution >= 4 is 11.8 Å². The van der Waals surface area contributed by atoms with Gasteiger partial charge in [-0.15, -0.1) is 0 Å². The summed E-state index contributed by atoms with van der Waals surface area (Å²) in [5.41, 5.74) is 1.36. The number of nitrogens with zero attached hydrogens (tertiary/aromatic N) is 2. The Balaban J connectivity index is 1.36. The van der Waals surface area contributed by atoms with E-state index in [1.54, 1.807) is 11.9 Å². The van der Waals surface area contributed by atoms with Gasteiger partial charge in [0.25, 0.3) is 0 Å². The van der Waals surface area contributed by atoms with Crippen molar-refractivity contribution in [3.05, 3.63) is 35.9 Å². The van der Waals surface area contributed by atoms with Gasteiger partial charge < -0.3 is 10.2 Å². The highest BCUT2D eigenvalue weighted by atomic mass is 16.2. The zero-order valence-corrected chi connectivity index (χ0v) is 15.1. The van der Waals surface area contributed by atoms with Gasteiger partial charge in [-0.05, 0) is 43.8 Å². The summed E-state index contributed by atoms with van der Waals surface area (Å²) in [6, 6.07) is 10.6. The van der Waals surface area contributed by atoms with E-state index < -0.39 is 0 Å². The normalized spacial score (nSPS) is 22.8. The average molecular weight is 343 g/mol. The Kier molecular flexibility index (Phi) is 6.08.